The summed E-state index contributed by atoms with van der Waals surface area (Å²) >= 11 is 0. The van der Waals surface area contributed by atoms with Gasteiger partial charge in [-0.3, -0.25) is 4.90 Å². The van der Waals surface area contributed by atoms with Crippen molar-refractivity contribution in [2.24, 2.45) is 0 Å². The summed E-state index contributed by atoms with van der Waals surface area (Å²) in [5, 5.41) is 8.56. The Hall–Kier alpha value is -0.120. The van der Waals surface area contributed by atoms with Crippen LogP contribution >= 0.6 is 0 Å². The van der Waals surface area contributed by atoms with E-state index in [4.69, 9.17) is 9.84 Å². The van der Waals surface area contributed by atoms with Crippen molar-refractivity contribution >= 4 is 0 Å². The van der Waals surface area contributed by atoms with E-state index < -0.39 is 0 Å². The van der Waals surface area contributed by atoms with Gasteiger partial charge >= 0.3 is 0 Å². The first-order valence-corrected chi connectivity index (χ1v) is 5.81. The minimum atomic E-state index is 0.134. The van der Waals surface area contributed by atoms with Gasteiger partial charge in [0.15, 0.2) is 0 Å². The molecule has 3 heteroatoms. The Morgan fingerprint density at radius 1 is 1.29 bits per heavy atom. The fraction of sp³-hybridized carbons (Fsp3) is 1.00. The van der Waals surface area contributed by atoms with Crippen LogP contribution in [0, 0.1) is 0 Å². The smallest absolute Gasteiger partial charge is 0.0698 e. The highest BCUT2D eigenvalue weighted by molar-refractivity contribution is 4.76. The molecule has 1 aliphatic carbocycles. The van der Waals surface area contributed by atoms with Crippen LogP contribution in [-0.2, 0) is 4.74 Å². The van der Waals surface area contributed by atoms with E-state index in [1.807, 2.05) is 0 Å². The molecule has 0 atom stereocenters. The lowest BCUT2D eigenvalue weighted by Gasteiger charge is -2.27. The van der Waals surface area contributed by atoms with Crippen LogP contribution in [0.1, 0.15) is 32.6 Å². The summed E-state index contributed by atoms with van der Waals surface area (Å²) in [5.74, 6) is 0. The quantitative estimate of drug-likeness (QED) is 0.629. The lowest BCUT2D eigenvalue weighted by molar-refractivity contribution is 0.0651. The number of hydrogen-bond donors (Lipinski definition) is 1. The van der Waals surface area contributed by atoms with Crippen molar-refractivity contribution < 1.29 is 9.84 Å². The highest BCUT2D eigenvalue weighted by Gasteiger charge is 2.20. The summed E-state index contributed by atoms with van der Waals surface area (Å²) in [6, 6.07) is 0.790. The second kappa shape index (κ2) is 7.21. The van der Waals surface area contributed by atoms with E-state index in [0.717, 1.165) is 25.7 Å². The van der Waals surface area contributed by atoms with Gasteiger partial charge in [-0.2, -0.15) is 0 Å². The van der Waals surface area contributed by atoms with Crippen LogP contribution in [-0.4, -0.2) is 49.0 Å². The maximum absolute atomic E-state index is 8.56. The third-order valence-electron chi connectivity index (χ3n) is 3.01. The highest BCUT2D eigenvalue weighted by atomic mass is 16.5. The van der Waals surface area contributed by atoms with Crippen molar-refractivity contribution in [1.29, 1.82) is 0 Å². The van der Waals surface area contributed by atoms with Crippen LogP contribution in [0.15, 0.2) is 0 Å². The van der Waals surface area contributed by atoms with Crippen LogP contribution in [0.2, 0.25) is 0 Å². The van der Waals surface area contributed by atoms with Crippen LogP contribution in [0.3, 0.4) is 0 Å². The molecular weight excluding hydrogens is 178 g/mol. The summed E-state index contributed by atoms with van der Waals surface area (Å²) < 4.78 is 5.28. The number of hydrogen-bond acceptors (Lipinski definition) is 3. The number of aliphatic hydroxyl groups is 1. The number of aliphatic hydroxyl groups excluding tert-OH is 1. The molecule has 0 aromatic heterocycles. The SMILES string of the molecule is CCN(CCOCCO)C1CCCC1. The minimum absolute atomic E-state index is 0.134. The van der Waals surface area contributed by atoms with Crippen LogP contribution in [0.4, 0.5) is 0 Å². The number of nitrogens with zero attached hydrogens (tertiary/aromatic N) is 1. The highest BCUT2D eigenvalue weighted by Crippen LogP contribution is 2.22. The van der Waals surface area contributed by atoms with E-state index in [1.54, 1.807) is 0 Å². The van der Waals surface area contributed by atoms with E-state index in [1.165, 1.54) is 25.7 Å². The first kappa shape index (κ1) is 12.0. The molecule has 0 spiro atoms. The zero-order valence-electron chi connectivity index (χ0n) is 9.24. The van der Waals surface area contributed by atoms with Crippen molar-refractivity contribution in [3.63, 3.8) is 0 Å². The van der Waals surface area contributed by atoms with Crippen LogP contribution in [0.5, 0.6) is 0 Å². The predicted molar refractivity (Wildman–Crippen MR) is 57.4 cm³/mol. The first-order chi connectivity index (χ1) is 6.88. The Morgan fingerprint density at radius 2 is 2.00 bits per heavy atom. The van der Waals surface area contributed by atoms with Gasteiger partial charge in [-0.15, -0.1) is 0 Å². The Labute approximate surface area is 87.1 Å². The molecule has 0 radical (unpaired) electrons. The van der Waals surface area contributed by atoms with Crippen molar-refractivity contribution in [2.45, 2.75) is 38.6 Å². The zero-order valence-corrected chi connectivity index (χ0v) is 9.24. The van der Waals surface area contributed by atoms with E-state index in [2.05, 4.69) is 11.8 Å². The maximum Gasteiger partial charge on any atom is 0.0698 e. The molecule has 0 bridgehead atoms. The third kappa shape index (κ3) is 3.95. The number of rotatable bonds is 7. The lowest BCUT2D eigenvalue weighted by atomic mass is 10.2. The third-order valence-corrected chi connectivity index (χ3v) is 3.01. The van der Waals surface area contributed by atoms with Gasteiger partial charge in [-0.25, -0.2) is 0 Å². The van der Waals surface area contributed by atoms with Crippen molar-refractivity contribution in [3.05, 3.63) is 0 Å². The summed E-state index contributed by atoms with van der Waals surface area (Å²) in [6.07, 6.45) is 5.49. The standard InChI is InChI=1S/C11H23NO2/c1-2-12(7-9-14-10-8-13)11-5-3-4-6-11/h11,13H,2-10H2,1H3. The van der Waals surface area contributed by atoms with Gasteiger partial charge in [0.05, 0.1) is 19.8 Å². The molecule has 1 aliphatic rings. The van der Waals surface area contributed by atoms with Crippen LogP contribution < -0.4 is 0 Å². The molecule has 0 heterocycles. The largest absolute Gasteiger partial charge is 0.394 e. The van der Waals surface area contributed by atoms with Gasteiger partial charge < -0.3 is 9.84 Å². The summed E-state index contributed by atoms with van der Waals surface area (Å²) in [6.45, 7) is 5.71. The summed E-state index contributed by atoms with van der Waals surface area (Å²) in [5.41, 5.74) is 0. The van der Waals surface area contributed by atoms with Gasteiger partial charge in [0, 0.05) is 12.6 Å². The van der Waals surface area contributed by atoms with Crippen molar-refractivity contribution in [3.8, 4) is 0 Å². The number of ether oxygens (including phenoxy) is 1. The van der Waals surface area contributed by atoms with Gasteiger partial charge in [0.2, 0.25) is 0 Å². The van der Waals surface area contributed by atoms with E-state index in [-0.39, 0.29) is 6.61 Å². The van der Waals surface area contributed by atoms with E-state index >= 15 is 0 Å². The van der Waals surface area contributed by atoms with E-state index in [9.17, 15) is 0 Å². The molecule has 3 nitrogen and oxygen atoms in total. The topological polar surface area (TPSA) is 32.7 Å². The molecule has 1 fully saturated rings. The lowest BCUT2D eigenvalue weighted by Crippen LogP contribution is -2.35. The second-order valence-corrected chi connectivity index (χ2v) is 3.90. The summed E-state index contributed by atoms with van der Waals surface area (Å²) in [7, 11) is 0. The second-order valence-electron chi connectivity index (χ2n) is 3.90. The average molecular weight is 201 g/mol. The molecule has 1 saturated carbocycles. The zero-order chi connectivity index (χ0) is 10.2. The fourth-order valence-electron chi connectivity index (χ4n) is 2.22. The predicted octanol–water partition coefficient (Wildman–Crippen LogP) is 1.26. The van der Waals surface area contributed by atoms with Gasteiger partial charge in [-0.1, -0.05) is 19.8 Å². The molecule has 14 heavy (non-hydrogen) atoms. The average Bonchev–Trinajstić information content (AvgIpc) is 2.71. The molecular formula is C11H23NO2. The van der Waals surface area contributed by atoms with Gasteiger partial charge in [-0.05, 0) is 19.4 Å². The Kier molecular flexibility index (Phi) is 6.15. The first-order valence-electron chi connectivity index (χ1n) is 5.81. The van der Waals surface area contributed by atoms with Crippen LogP contribution in [0.25, 0.3) is 0 Å². The van der Waals surface area contributed by atoms with Gasteiger partial charge in [0.1, 0.15) is 0 Å². The molecule has 84 valence electrons. The van der Waals surface area contributed by atoms with Crippen molar-refractivity contribution in [1.82, 2.24) is 4.90 Å². The van der Waals surface area contributed by atoms with Crippen molar-refractivity contribution in [2.75, 3.05) is 32.9 Å². The summed E-state index contributed by atoms with van der Waals surface area (Å²) in [4.78, 5) is 2.50. The molecule has 0 amide bonds. The molecule has 1 rings (SSSR count). The molecule has 0 aliphatic heterocycles. The minimum Gasteiger partial charge on any atom is -0.394 e. The van der Waals surface area contributed by atoms with Gasteiger partial charge in [0.25, 0.3) is 0 Å². The number of likely N-dealkylation sites (N-methyl/N-ethyl adjacent to an activating group) is 1. The Morgan fingerprint density at radius 3 is 2.57 bits per heavy atom. The monoisotopic (exact) mass is 201 g/mol. The molecule has 0 aromatic carbocycles. The molecule has 0 saturated heterocycles. The Balaban J connectivity index is 2.11. The normalized spacial score (nSPS) is 18.2. The maximum atomic E-state index is 8.56. The molecule has 0 aromatic rings. The fourth-order valence-corrected chi connectivity index (χ4v) is 2.22. The van der Waals surface area contributed by atoms with E-state index in [0.29, 0.717) is 6.61 Å². The molecule has 1 N–H and O–H groups in total. The molecule has 0 unspecified atom stereocenters. The Bertz CT molecular complexity index is 135.